The summed E-state index contributed by atoms with van der Waals surface area (Å²) >= 11 is 3.51. The predicted octanol–water partition coefficient (Wildman–Crippen LogP) is 3.92. The Labute approximate surface area is 128 Å². The van der Waals surface area contributed by atoms with Crippen LogP contribution in [0, 0.1) is 0 Å². The Kier molecular flexibility index (Phi) is 6.02. The van der Waals surface area contributed by atoms with Gasteiger partial charge in [0.1, 0.15) is 12.4 Å². The molecule has 0 radical (unpaired) electrons. The molecule has 1 N–H and O–H groups in total. The number of aromatic nitrogens is 1. The highest BCUT2D eigenvalue weighted by Crippen LogP contribution is 2.24. The van der Waals surface area contributed by atoms with Gasteiger partial charge in [-0.3, -0.25) is 4.98 Å². The average Bonchev–Trinajstić information content (AvgIpc) is 2.48. The predicted molar refractivity (Wildman–Crippen MR) is 84.7 cm³/mol. The Morgan fingerprint density at radius 1 is 1.30 bits per heavy atom. The van der Waals surface area contributed by atoms with E-state index >= 15 is 0 Å². The number of halogens is 1. The Morgan fingerprint density at radius 3 is 2.95 bits per heavy atom. The molecule has 1 heterocycles. The number of rotatable bonds is 7. The molecular formula is C16H19BrN2O. The lowest BCUT2D eigenvalue weighted by Gasteiger charge is -2.12. The van der Waals surface area contributed by atoms with Gasteiger partial charge in [-0.2, -0.15) is 0 Å². The molecule has 0 fully saturated rings. The van der Waals surface area contributed by atoms with Crippen LogP contribution in [-0.2, 0) is 13.2 Å². The molecule has 0 saturated carbocycles. The van der Waals surface area contributed by atoms with Gasteiger partial charge in [-0.05, 0) is 37.2 Å². The van der Waals surface area contributed by atoms with Gasteiger partial charge in [-0.15, -0.1) is 0 Å². The minimum Gasteiger partial charge on any atom is -0.489 e. The topological polar surface area (TPSA) is 34.1 Å². The van der Waals surface area contributed by atoms with Crippen LogP contribution in [0.4, 0.5) is 0 Å². The van der Waals surface area contributed by atoms with Crippen molar-refractivity contribution >= 4 is 15.9 Å². The highest BCUT2D eigenvalue weighted by molar-refractivity contribution is 9.10. The molecule has 0 bridgehead atoms. The van der Waals surface area contributed by atoms with Gasteiger partial charge in [0.25, 0.3) is 0 Å². The number of hydrogen-bond donors (Lipinski definition) is 1. The van der Waals surface area contributed by atoms with Crippen LogP contribution >= 0.6 is 15.9 Å². The highest BCUT2D eigenvalue weighted by Gasteiger charge is 2.05. The van der Waals surface area contributed by atoms with Crippen molar-refractivity contribution in [3.63, 3.8) is 0 Å². The van der Waals surface area contributed by atoms with Crippen LogP contribution in [0.25, 0.3) is 0 Å². The SMILES string of the molecule is CCCNCc1cc(Br)ccc1OCc1cccnc1. The van der Waals surface area contributed by atoms with E-state index in [4.69, 9.17) is 4.74 Å². The first-order chi connectivity index (χ1) is 9.79. The average molecular weight is 335 g/mol. The number of nitrogens with one attached hydrogen (secondary N) is 1. The van der Waals surface area contributed by atoms with Gasteiger partial charge < -0.3 is 10.1 Å². The Morgan fingerprint density at radius 2 is 2.20 bits per heavy atom. The fourth-order valence-electron chi connectivity index (χ4n) is 1.87. The van der Waals surface area contributed by atoms with Crippen molar-refractivity contribution in [2.45, 2.75) is 26.5 Å². The minimum atomic E-state index is 0.538. The van der Waals surface area contributed by atoms with Gasteiger partial charge >= 0.3 is 0 Å². The first-order valence-electron chi connectivity index (χ1n) is 6.80. The molecule has 0 aliphatic carbocycles. The smallest absolute Gasteiger partial charge is 0.124 e. The fraction of sp³-hybridized carbons (Fsp3) is 0.312. The normalized spacial score (nSPS) is 10.5. The second-order valence-corrected chi connectivity index (χ2v) is 5.49. The summed E-state index contributed by atoms with van der Waals surface area (Å²) in [6, 6.07) is 10.0. The van der Waals surface area contributed by atoms with E-state index in [0.717, 1.165) is 40.9 Å². The van der Waals surface area contributed by atoms with Crippen LogP contribution in [0.15, 0.2) is 47.2 Å². The van der Waals surface area contributed by atoms with Crippen LogP contribution < -0.4 is 10.1 Å². The molecule has 2 aromatic rings. The van der Waals surface area contributed by atoms with Gasteiger partial charge in [0.15, 0.2) is 0 Å². The molecule has 106 valence electrons. The second-order valence-electron chi connectivity index (χ2n) is 4.58. The summed E-state index contributed by atoms with van der Waals surface area (Å²) in [5.74, 6) is 0.917. The minimum absolute atomic E-state index is 0.538. The van der Waals surface area contributed by atoms with E-state index in [1.54, 1.807) is 6.20 Å². The zero-order valence-corrected chi connectivity index (χ0v) is 13.2. The summed E-state index contributed by atoms with van der Waals surface area (Å²) in [7, 11) is 0. The van der Waals surface area contributed by atoms with Crippen LogP contribution in [0.5, 0.6) is 5.75 Å². The molecule has 3 nitrogen and oxygen atoms in total. The number of ether oxygens (including phenoxy) is 1. The maximum atomic E-state index is 5.91. The summed E-state index contributed by atoms with van der Waals surface area (Å²) in [4.78, 5) is 4.09. The fourth-order valence-corrected chi connectivity index (χ4v) is 2.28. The zero-order chi connectivity index (χ0) is 14.2. The third kappa shape index (κ3) is 4.62. The van der Waals surface area contributed by atoms with Crippen molar-refractivity contribution in [1.82, 2.24) is 10.3 Å². The van der Waals surface area contributed by atoms with Gasteiger partial charge in [-0.25, -0.2) is 0 Å². The first-order valence-corrected chi connectivity index (χ1v) is 7.59. The Hall–Kier alpha value is -1.39. The molecule has 0 atom stereocenters. The Bertz CT molecular complexity index is 531. The molecule has 1 aromatic heterocycles. The monoisotopic (exact) mass is 334 g/mol. The van der Waals surface area contributed by atoms with Crippen molar-refractivity contribution in [3.8, 4) is 5.75 Å². The first kappa shape index (κ1) is 15.0. The van der Waals surface area contributed by atoms with Gasteiger partial charge in [0.05, 0.1) is 0 Å². The van der Waals surface area contributed by atoms with Crippen LogP contribution in [0.3, 0.4) is 0 Å². The third-order valence-electron chi connectivity index (χ3n) is 2.88. The van der Waals surface area contributed by atoms with Crippen molar-refractivity contribution in [1.29, 1.82) is 0 Å². The Balaban J connectivity index is 2.02. The summed E-state index contributed by atoms with van der Waals surface area (Å²) in [5.41, 5.74) is 2.24. The molecule has 0 spiro atoms. The molecule has 20 heavy (non-hydrogen) atoms. The molecule has 1 aromatic carbocycles. The van der Waals surface area contributed by atoms with E-state index in [1.807, 2.05) is 30.5 Å². The highest BCUT2D eigenvalue weighted by atomic mass is 79.9. The number of nitrogens with zero attached hydrogens (tertiary/aromatic N) is 1. The third-order valence-corrected chi connectivity index (χ3v) is 3.38. The quantitative estimate of drug-likeness (QED) is 0.779. The summed E-state index contributed by atoms with van der Waals surface area (Å²) in [6.45, 7) is 4.52. The molecule has 0 amide bonds. The van der Waals surface area contributed by atoms with Gasteiger partial charge in [0.2, 0.25) is 0 Å². The molecule has 0 aliphatic rings. The van der Waals surface area contributed by atoms with E-state index in [2.05, 4.69) is 39.2 Å². The van der Waals surface area contributed by atoms with Crippen molar-refractivity contribution in [3.05, 3.63) is 58.3 Å². The number of benzene rings is 1. The van der Waals surface area contributed by atoms with E-state index in [0.29, 0.717) is 6.61 Å². The molecule has 0 saturated heterocycles. The van der Waals surface area contributed by atoms with Gasteiger partial charge in [-0.1, -0.05) is 28.9 Å². The molecular weight excluding hydrogens is 316 g/mol. The van der Waals surface area contributed by atoms with Crippen molar-refractivity contribution in [2.75, 3.05) is 6.54 Å². The van der Waals surface area contributed by atoms with Crippen LogP contribution in [0.2, 0.25) is 0 Å². The molecule has 0 unspecified atom stereocenters. The van der Waals surface area contributed by atoms with E-state index < -0.39 is 0 Å². The lowest BCUT2D eigenvalue weighted by atomic mass is 10.2. The molecule has 4 heteroatoms. The number of pyridine rings is 1. The standard InChI is InChI=1S/C16H19BrN2O/c1-2-7-18-11-14-9-15(17)5-6-16(14)20-12-13-4-3-8-19-10-13/h3-6,8-10,18H,2,7,11-12H2,1H3. The largest absolute Gasteiger partial charge is 0.489 e. The summed E-state index contributed by atoms with van der Waals surface area (Å²) < 4.78 is 6.98. The number of hydrogen-bond acceptors (Lipinski definition) is 3. The van der Waals surface area contributed by atoms with Crippen LogP contribution in [0.1, 0.15) is 24.5 Å². The molecule has 2 rings (SSSR count). The van der Waals surface area contributed by atoms with Crippen molar-refractivity contribution < 1.29 is 4.74 Å². The summed E-state index contributed by atoms with van der Waals surface area (Å²) in [5, 5.41) is 3.40. The van der Waals surface area contributed by atoms with E-state index in [1.165, 1.54) is 0 Å². The maximum Gasteiger partial charge on any atom is 0.124 e. The van der Waals surface area contributed by atoms with E-state index in [9.17, 15) is 0 Å². The van der Waals surface area contributed by atoms with E-state index in [-0.39, 0.29) is 0 Å². The maximum absolute atomic E-state index is 5.91. The second kappa shape index (κ2) is 8.02. The van der Waals surface area contributed by atoms with Gasteiger partial charge in [0, 0.05) is 34.5 Å². The lowest BCUT2D eigenvalue weighted by molar-refractivity contribution is 0.301. The zero-order valence-electron chi connectivity index (χ0n) is 11.6. The van der Waals surface area contributed by atoms with Crippen molar-refractivity contribution in [2.24, 2.45) is 0 Å². The summed E-state index contributed by atoms with van der Waals surface area (Å²) in [6.07, 6.45) is 4.72. The lowest BCUT2D eigenvalue weighted by Crippen LogP contribution is -2.14. The van der Waals surface area contributed by atoms with Crippen LogP contribution in [-0.4, -0.2) is 11.5 Å². The molecule has 0 aliphatic heterocycles.